The number of hydrogen-bond donors (Lipinski definition) is 3. The van der Waals surface area contributed by atoms with Crippen molar-refractivity contribution in [2.45, 2.75) is 32.7 Å². The first-order chi connectivity index (χ1) is 11.6. The lowest BCUT2D eigenvalue weighted by Gasteiger charge is -2.32. The maximum atomic E-state index is 12.4. The second-order valence-electron chi connectivity index (χ2n) is 6.29. The number of likely N-dealkylation sites (N-methyl/N-ethyl adjacent to an activating group) is 1. The summed E-state index contributed by atoms with van der Waals surface area (Å²) in [6, 6.07) is 9.49. The Balaban J connectivity index is 0.00000312. The van der Waals surface area contributed by atoms with Gasteiger partial charge >= 0.3 is 6.03 Å². The lowest BCUT2D eigenvalue weighted by Crippen LogP contribution is -2.48. The van der Waals surface area contributed by atoms with Gasteiger partial charge in [-0.1, -0.05) is 25.1 Å². The van der Waals surface area contributed by atoms with Crippen molar-refractivity contribution in [1.29, 1.82) is 0 Å². The van der Waals surface area contributed by atoms with Gasteiger partial charge in [-0.2, -0.15) is 0 Å². The predicted molar refractivity (Wildman–Crippen MR) is 103 cm³/mol. The van der Waals surface area contributed by atoms with Crippen LogP contribution >= 0.6 is 12.4 Å². The van der Waals surface area contributed by atoms with Crippen LogP contribution in [0.3, 0.4) is 0 Å². The van der Waals surface area contributed by atoms with E-state index in [2.05, 4.69) is 16.0 Å². The number of nitrogens with zero attached hydrogens (tertiary/aromatic N) is 1. The van der Waals surface area contributed by atoms with Crippen molar-refractivity contribution in [3.8, 4) is 0 Å². The molecule has 0 spiro atoms. The monoisotopic (exact) mass is 368 g/mol. The van der Waals surface area contributed by atoms with Gasteiger partial charge in [0.15, 0.2) is 0 Å². The molecule has 0 radical (unpaired) electrons. The Bertz CT molecular complexity index is 541. The van der Waals surface area contributed by atoms with Crippen LogP contribution in [0.1, 0.15) is 26.7 Å². The third kappa shape index (κ3) is 6.92. The van der Waals surface area contributed by atoms with E-state index in [9.17, 15) is 9.59 Å². The lowest BCUT2D eigenvalue weighted by molar-refractivity contribution is -0.126. The molecule has 7 heteroatoms. The van der Waals surface area contributed by atoms with E-state index in [-0.39, 0.29) is 36.3 Å². The quantitative estimate of drug-likeness (QED) is 0.722. The van der Waals surface area contributed by atoms with Crippen LogP contribution in [-0.2, 0) is 4.79 Å². The molecule has 3 amide bonds. The highest BCUT2D eigenvalue weighted by Crippen LogP contribution is 2.18. The van der Waals surface area contributed by atoms with Crippen LogP contribution in [0.25, 0.3) is 0 Å². The highest BCUT2D eigenvalue weighted by Gasteiger charge is 2.28. The Kier molecular flexibility index (Phi) is 9.31. The fourth-order valence-corrected chi connectivity index (χ4v) is 2.92. The van der Waals surface area contributed by atoms with Crippen molar-refractivity contribution in [2.75, 3.05) is 31.5 Å². The third-order valence-electron chi connectivity index (χ3n) is 4.24. The van der Waals surface area contributed by atoms with E-state index >= 15 is 0 Å². The molecule has 1 aliphatic heterocycles. The fraction of sp³-hybridized carbons (Fsp3) is 0.556. The number of nitrogens with one attached hydrogen (secondary N) is 3. The molecule has 1 fully saturated rings. The normalized spacial score (nSPS) is 18.0. The smallest absolute Gasteiger partial charge is 0.321 e. The van der Waals surface area contributed by atoms with Crippen LogP contribution in [0.2, 0.25) is 0 Å². The minimum atomic E-state index is -0.139. The van der Waals surface area contributed by atoms with E-state index in [0.29, 0.717) is 19.6 Å². The van der Waals surface area contributed by atoms with Crippen molar-refractivity contribution < 1.29 is 9.59 Å². The third-order valence-corrected chi connectivity index (χ3v) is 4.24. The van der Waals surface area contributed by atoms with Crippen LogP contribution in [0.4, 0.5) is 10.5 Å². The van der Waals surface area contributed by atoms with Gasteiger partial charge in [0.25, 0.3) is 0 Å². The number of halogens is 1. The zero-order valence-corrected chi connectivity index (χ0v) is 15.8. The SMILES string of the molecule is CCN[C@H](C)CNC(=O)C1CCCN(C(=O)Nc2ccccc2)C1.Cl. The number of benzene rings is 1. The Morgan fingerprint density at radius 1 is 1.28 bits per heavy atom. The van der Waals surface area contributed by atoms with Crippen molar-refractivity contribution in [3.63, 3.8) is 0 Å². The Labute approximate surface area is 156 Å². The molecule has 0 aromatic heterocycles. The Morgan fingerprint density at radius 3 is 2.68 bits per heavy atom. The standard InChI is InChI=1S/C18H28N4O2.ClH/c1-3-19-14(2)12-20-17(23)15-8-7-11-22(13-15)18(24)21-16-9-5-4-6-10-16;/h4-6,9-10,14-15,19H,3,7-8,11-13H2,1-2H3,(H,20,23)(H,21,24);1H/t14-,15?;/m1./s1. The molecule has 1 aromatic carbocycles. The number of carbonyl (C=O) groups excluding carboxylic acids is 2. The van der Waals surface area contributed by atoms with Gasteiger partial charge in [0.1, 0.15) is 0 Å². The van der Waals surface area contributed by atoms with Gasteiger partial charge in [-0.3, -0.25) is 4.79 Å². The second kappa shape index (κ2) is 10.9. The van der Waals surface area contributed by atoms with Crippen LogP contribution in [0, 0.1) is 5.92 Å². The highest BCUT2D eigenvalue weighted by atomic mass is 35.5. The van der Waals surface area contributed by atoms with Crippen LogP contribution in [0.5, 0.6) is 0 Å². The van der Waals surface area contributed by atoms with Crippen molar-refractivity contribution in [1.82, 2.24) is 15.5 Å². The predicted octanol–water partition coefficient (Wildman–Crippen LogP) is 2.47. The topological polar surface area (TPSA) is 73.5 Å². The number of urea groups is 1. The van der Waals surface area contributed by atoms with Crippen molar-refractivity contribution in [3.05, 3.63) is 30.3 Å². The van der Waals surface area contributed by atoms with Gasteiger partial charge in [0.2, 0.25) is 5.91 Å². The van der Waals surface area contributed by atoms with Crippen LogP contribution in [0.15, 0.2) is 30.3 Å². The summed E-state index contributed by atoms with van der Waals surface area (Å²) in [7, 11) is 0. The molecule has 1 aromatic rings. The lowest BCUT2D eigenvalue weighted by atomic mass is 9.97. The number of anilines is 1. The summed E-state index contributed by atoms with van der Waals surface area (Å²) in [5, 5.41) is 9.14. The summed E-state index contributed by atoms with van der Waals surface area (Å²) in [6.07, 6.45) is 1.68. The highest BCUT2D eigenvalue weighted by molar-refractivity contribution is 5.90. The number of para-hydroxylation sites is 1. The average molecular weight is 369 g/mol. The van der Waals surface area contributed by atoms with E-state index in [4.69, 9.17) is 0 Å². The molecule has 0 bridgehead atoms. The van der Waals surface area contributed by atoms with Gasteiger partial charge in [-0.05, 0) is 38.4 Å². The Hall–Kier alpha value is -1.79. The van der Waals surface area contributed by atoms with Crippen molar-refractivity contribution >= 4 is 30.0 Å². The molecule has 25 heavy (non-hydrogen) atoms. The largest absolute Gasteiger partial charge is 0.354 e. The summed E-state index contributed by atoms with van der Waals surface area (Å²) in [4.78, 5) is 26.4. The van der Waals surface area contributed by atoms with E-state index in [1.807, 2.05) is 44.2 Å². The maximum absolute atomic E-state index is 12.4. The number of piperidine rings is 1. The van der Waals surface area contributed by atoms with Gasteiger partial charge in [-0.15, -0.1) is 12.4 Å². The maximum Gasteiger partial charge on any atom is 0.321 e. The molecule has 2 rings (SSSR count). The molecule has 0 aliphatic carbocycles. The Morgan fingerprint density at radius 2 is 2.00 bits per heavy atom. The fourth-order valence-electron chi connectivity index (χ4n) is 2.92. The molecule has 0 saturated carbocycles. The first-order valence-corrected chi connectivity index (χ1v) is 8.72. The van der Waals surface area contributed by atoms with E-state index in [0.717, 1.165) is 25.1 Å². The molecular formula is C18H29ClN4O2. The second-order valence-corrected chi connectivity index (χ2v) is 6.29. The summed E-state index contributed by atoms with van der Waals surface area (Å²) < 4.78 is 0. The first-order valence-electron chi connectivity index (χ1n) is 8.72. The zero-order valence-electron chi connectivity index (χ0n) is 15.0. The number of carbonyl (C=O) groups is 2. The molecule has 6 nitrogen and oxygen atoms in total. The van der Waals surface area contributed by atoms with E-state index in [1.165, 1.54) is 0 Å². The number of likely N-dealkylation sites (tertiary alicyclic amines) is 1. The summed E-state index contributed by atoms with van der Waals surface area (Å²) >= 11 is 0. The molecule has 1 aliphatic rings. The first kappa shape index (κ1) is 21.3. The van der Waals surface area contributed by atoms with Crippen LogP contribution in [-0.4, -0.2) is 49.1 Å². The number of amides is 3. The van der Waals surface area contributed by atoms with Gasteiger partial charge in [0, 0.05) is 31.4 Å². The minimum Gasteiger partial charge on any atom is -0.354 e. The van der Waals surface area contributed by atoms with Gasteiger partial charge in [-0.25, -0.2) is 4.79 Å². The molecule has 140 valence electrons. The molecular weight excluding hydrogens is 340 g/mol. The molecule has 1 heterocycles. The van der Waals surface area contributed by atoms with Crippen LogP contribution < -0.4 is 16.0 Å². The summed E-state index contributed by atoms with van der Waals surface area (Å²) in [5.74, 6) is -0.0916. The number of rotatable bonds is 6. The zero-order chi connectivity index (χ0) is 17.4. The van der Waals surface area contributed by atoms with Crippen molar-refractivity contribution in [2.24, 2.45) is 5.92 Å². The molecule has 1 saturated heterocycles. The molecule has 2 atom stereocenters. The van der Waals surface area contributed by atoms with E-state index in [1.54, 1.807) is 4.90 Å². The minimum absolute atomic E-state index is 0. The summed E-state index contributed by atoms with van der Waals surface area (Å²) in [5.41, 5.74) is 0.772. The molecule has 1 unspecified atom stereocenters. The van der Waals surface area contributed by atoms with Gasteiger partial charge < -0.3 is 20.9 Å². The summed E-state index contributed by atoms with van der Waals surface area (Å²) in [6.45, 7) is 6.75. The average Bonchev–Trinajstić information content (AvgIpc) is 2.61. The number of hydrogen-bond acceptors (Lipinski definition) is 3. The van der Waals surface area contributed by atoms with E-state index < -0.39 is 0 Å². The molecule has 3 N–H and O–H groups in total. The van der Waals surface area contributed by atoms with Gasteiger partial charge in [0.05, 0.1) is 5.92 Å².